The predicted molar refractivity (Wildman–Crippen MR) is 88.5 cm³/mol. The average molecular weight is 356 g/mol. The Hall–Kier alpha value is -2.19. The fraction of sp³-hybridized carbons (Fsp3) is 0.400. The van der Waals surface area contributed by atoms with Crippen LogP contribution in [0.25, 0.3) is 0 Å². The van der Waals surface area contributed by atoms with Gasteiger partial charge in [0.2, 0.25) is 0 Å². The molecule has 2 amide bonds. The number of methoxy groups -OCH3 is 1. The number of hydrogen-bond donors (Lipinski definition) is 2. The zero-order valence-corrected chi connectivity index (χ0v) is 14.2. The van der Waals surface area contributed by atoms with Gasteiger partial charge in [0.15, 0.2) is 11.6 Å². The number of carbonyl (C=O) groups excluding carboxylic acids is 1. The fourth-order valence-corrected chi connectivity index (χ4v) is 2.35. The Morgan fingerprint density at radius 3 is 3.04 bits per heavy atom. The van der Waals surface area contributed by atoms with Gasteiger partial charge in [-0.15, -0.1) is 10.2 Å². The SMILES string of the molecule is COCCCn1cnnc1C(C)NC(=O)Nc1cccc(Cl)c1F. The maximum atomic E-state index is 13.8. The first-order valence-corrected chi connectivity index (χ1v) is 7.79. The van der Waals surface area contributed by atoms with E-state index in [1.807, 2.05) is 4.57 Å². The van der Waals surface area contributed by atoms with Gasteiger partial charge in [-0.3, -0.25) is 0 Å². The summed E-state index contributed by atoms with van der Waals surface area (Å²) in [6, 6.07) is 3.42. The van der Waals surface area contributed by atoms with E-state index in [0.717, 1.165) is 6.42 Å². The van der Waals surface area contributed by atoms with Crippen molar-refractivity contribution in [2.75, 3.05) is 19.0 Å². The summed E-state index contributed by atoms with van der Waals surface area (Å²) in [6.45, 7) is 3.06. The highest BCUT2D eigenvalue weighted by Gasteiger charge is 2.17. The Labute approximate surface area is 144 Å². The van der Waals surface area contributed by atoms with Crippen LogP contribution in [0.15, 0.2) is 24.5 Å². The Bertz CT molecular complexity index is 694. The van der Waals surface area contributed by atoms with E-state index in [-0.39, 0.29) is 10.7 Å². The van der Waals surface area contributed by atoms with Gasteiger partial charge in [0.25, 0.3) is 0 Å². The predicted octanol–water partition coefficient (Wildman–Crippen LogP) is 2.99. The molecule has 9 heteroatoms. The van der Waals surface area contributed by atoms with Crippen LogP contribution in [0.3, 0.4) is 0 Å². The minimum atomic E-state index is -0.676. The third-order valence-electron chi connectivity index (χ3n) is 3.33. The van der Waals surface area contributed by atoms with Gasteiger partial charge in [-0.05, 0) is 25.5 Å². The average Bonchev–Trinajstić information content (AvgIpc) is 3.00. The van der Waals surface area contributed by atoms with Crippen molar-refractivity contribution < 1.29 is 13.9 Å². The van der Waals surface area contributed by atoms with Gasteiger partial charge in [0.1, 0.15) is 6.33 Å². The number of aromatic nitrogens is 3. The highest BCUT2D eigenvalue weighted by molar-refractivity contribution is 6.31. The molecule has 0 saturated heterocycles. The van der Waals surface area contributed by atoms with Crippen LogP contribution >= 0.6 is 11.6 Å². The molecule has 0 aliphatic carbocycles. The van der Waals surface area contributed by atoms with Crippen molar-refractivity contribution in [3.05, 3.63) is 41.2 Å². The number of nitrogens with zero attached hydrogens (tertiary/aromatic N) is 3. The van der Waals surface area contributed by atoms with E-state index in [0.29, 0.717) is 19.0 Å². The Morgan fingerprint density at radius 2 is 2.29 bits per heavy atom. The van der Waals surface area contributed by atoms with Crippen LogP contribution in [0.1, 0.15) is 25.2 Å². The van der Waals surface area contributed by atoms with Crippen molar-refractivity contribution in [3.8, 4) is 0 Å². The Morgan fingerprint density at radius 1 is 1.50 bits per heavy atom. The number of nitrogens with one attached hydrogen (secondary N) is 2. The molecule has 2 rings (SSSR count). The summed E-state index contributed by atoms with van der Waals surface area (Å²) < 4.78 is 20.6. The van der Waals surface area contributed by atoms with Crippen molar-refractivity contribution in [3.63, 3.8) is 0 Å². The van der Waals surface area contributed by atoms with Gasteiger partial charge in [0, 0.05) is 20.3 Å². The molecule has 0 fully saturated rings. The molecule has 1 aromatic carbocycles. The van der Waals surface area contributed by atoms with E-state index in [1.165, 1.54) is 12.1 Å². The number of carbonyl (C=O) groups is 1. The maximum absolute atomic E-state index is 13.8. The molecule has 1 heterocycles. The number of aryl methyl sites for hydroxylation is 1. The first-order valence-electron chi connectivity index (χ1n) is 7.41. The standard InChI is InChI=1S/C15H19ClFN5O2/c1-10(14-21-18-9-22(14)7-4-8-24-2)19-15(23)20-12-6-3-5-11(16)13(12)17/h3,5-6,9-10H,4,7-8H2,1-2H3,(H2,19,20,23). The lowest BCUT2D eigenvalue weighted by atomic mass is 10.3. The molecule has 1 aromatic heterocycles. The Kier molecular flexibility index (Phi) is 6.51. The minimum absolute atomic E-state index is 0.00811. The molecule has 0 bridgehead atoms. The number of halogens is 2. The summed E-state index contributed by atoms with van der Waals surface area (Å²) in [5.41, 5.74) is 0.00811. The molecular formula is C15H19ClFN5O2. The lowest BCUT2D eigenvalue weighted by molar-refractivity contribution is 0.189. The fourth-order valence-electron chi connectivity index (χ4n) is 2.17. The van der Waals surface area contributed by atoms with Crippen LogP contribution < -0.4 is 10.6 Å². The molecule has 7 nitrogen and oxygen atoms in total. The van der Waals surface area contributed by atoms with Crippen molar-refractivity contribution in [2.45, 2.75) is 25.9 Å². The van der Waals surface area contributed by atoms with E-state index in [4.69, 9.17) is 16.3 Å². The van der Waals surface area contributed by atoms with Gasteiger partial charge < -0.3 is 19.9 Å². The number of anilines is 1. The first kappa shape index (κ1) is 18.2. The van der Waals surface area contributed by atoms with Crippen molar-refractivity contribution in [1.82, 2.24) is 20.1 Å². The third kappa shape index (κ3) is 4.65. The normalized spacial score (nSPS) is 12.0. The summed E-state index contributed by atoms with van der Waals surface area (Å²) in [5.74, 6) is -0.0717. The van der Waals surface area contributed by atoms with Gasteiger partial charge >= 0.3 is 6.03 Å². The molecule has 0 spiro atoms. The number of ether oxygens (including phenoxy) is 1. The van der Waals surface area contributed by atoms with Crippen molar-refractivity contribution in [2.24, 2.45) is 0 Å². The summed E-state index contributed by atoms with van der Waals surface area (Å²) in [4.78, 5) is 12.0. The highest BCUT2D eigenvalue weighted by atomic mass is 35.5. The minimum Gasteiger partial charge on any atom is -0.385 e. The molecule has 0 radical (unpaired) electrons. The van der Waals surface area contributed by atoms with Crippen molar-refractivity contribution >= 4 is 23.3 Å². The van der Waals surface area contributed by atoms with Gasteiger partial charge in [0.05, 0.1) is 16.8 Å². The van der Waals surface area contributed by atoms with Crippen LogP contribution in [0.4, 0.5) is 14.9 Å². The zero-order chi connectivity index (χ0) is 17.5. The lowest BCUT2D eigenvalue weighted by Crippen LogP contribution is -2.33. The van der Waals surface area contributed by atoms with E-state index in [2.05, 4.69) is 20.8 Å². The summed E-state index contributed by atoms with van der Waals surface area (Å²) in [7, 11) is 1.64. The molecule has 1 atom stereocenters. The maximum Gasteiger partial charge on any atom is 0.319 e. The molecule has 0 saturated carbocycles. The van der Waals surface area contributed by atoms with Crippen LogP contribution in [0.5, 0.6) is 0 Å². The summed E-state index contributed by atoms with van der Waals surface area (Å²) in [5, 5.41) is 12.9. The van der Waals surface area contributed by atoms with Gasteiger partial charge in [-0.25, -0.2) is 9.18 Å². The molecule has 0 aliphatic heterocycles. The first-order chi connectivity index (χ1) is 11.5. The van der Waals surface area contributed by atoms with Crippen molar-refractivity contribution in [1.29, 1.82) is 0 Å². The monoisotopic (exact) mass is 355 g/mol. The van der Waals surface area contributed by atoms with E-state index < -0.39 is 17.9 Å². The number of benzene rings is 1. The molecular weight excluding hydrogens is 337 g/mol. The second-order valence-electron chi connectivity index (χ2n) is 5.15. The number of hydrogen-bond acceptors (Lipinski definition) is 4. The van der Waals surface area contributed by atoms with Gasteiger partial charge in [-0.1, -0.05) is 17.7 Å². The molecule has 130 valence electrons. The quantitative estimate of drug-likeness (QED) is 0.748. The van der Waals surface area contributed by atoms with Crippen LogP contribution in [-0.4, -0.2) is 34.5 Å². The van der Waals surface area contributed by atoms with E-state index >= 15 is 0 Å². The van der Waals surface area contributed by atoms with Gasteiger partial charge in [-0.2, -0.15) is 0 Å². The van der Waals surface area contributed by atoms with Crippen LogP contribution in [0, 0.1) is 5.82 Å². The van der Waals surface area contributed by atoms with Crippen LogP contribution in [0.2, 0.25) is 5.02 Å². The molecule has 24 heavy (non-hydrogen) atoms. The number of rotatable bonds is 7. The zero-order valence-electron chi connectivity index (χ0n) is 13.4. The number of amides is 2. The smallest absolute Gasteiger partial charge is 0.319 e. The second-order valence-corrected chi connectivity index (χ2v) is 5.56. The Balaban J connectivity index is 1.97. The number of urea groups is 1. The topological polar surface area (TPSA) is 81.1 Å². The molecule has 2 N–H and O–H groups in total. The summed E-state index contributed by atoms with van der Waals surface area (Å²) >= 11 is 5.69. The van der Waals surface area contributed by atoms with E-state index in [9.17, 15) is 9.18 Å². The largest absolute Gasteiger partial charge is 0.385 e. The molecule has 2 aromatic rings. The second kappa shape index (κ2) is 8.60. The summed E-state index contributed by atoms with van der Waals surface area (Å²) in [6.07, 6.45) is 2.39. The third-order valence-corrected chi connectivity index (χ3v) is 3.62. The molecule has 0 aliphatic rings. The molecule has 1 unspecified atom stereocenters. The van der Waals surface area contributed by atoms with Crippen LogP contribution in [-0.2, 0) is 11.3 Å². The highest BCUT2D eigenvalue weighted by Crippen LogP contribution is 2.22. The van der Waals surface area contributed by atoms with E-state index in [1.54, 1.807) is 26.4 Å². The lowest BCUT2D eigenvalue weighted by Gasteiger charge is -2.15.